The molecule has 0 heterocycles. The van der Waals surface area contributed by atoms with Gasteiger partial charge in [0.25, 0.3) is 0 Å². The molecule has 0 aromatic heterocycles. The number of hydrogen-bond donors (Lipinski definition) is 2. The monoisotopic (exact) mass is 316 g/mol. The Morgan fingerprint density at radius 2 is 1.83 bits per heavy atom. The molecule has 0 aliphatic heterocycles. The highest BCUT2D eigenvalue weighted by molar-refractivity contribution is 5.80. The van der Waals surface area contributed by atoms with Crippen molar-refractivity contribution in [3.63, 3.8) is 0 Å². The second-order valence-electron chi connectivity index (χ2n) is 5.42. The van der Waals surface area contributed by atoms with Crippen LogP contribution < -0.4 is 15.4 Å². The molecular formula is C18H21FN2O2. The van der Waals surface area contributed by atoms with Gasteiger partial charge in [-0.15, -0.1) is 0 Å². The van der Waals surface area contributed by atoms with Crippen LogP contribution in [0.1, 0.15) is 19.4 Å². The number of ether oxygens (including phenoxy) is 1. The topological polar surface area (TPSA) is 50.4 Å². The Morgan fingerprint density at radius 3 is 2.48 bits per heavy atom. The van der Waals surface area contributed by atoms with Gasteiger partial charge in [0.1, 0.15) is 11.6 Å². The van der Waals surface area contributed by atoms with Crippen LogP contribution in [0.2, 0.25) is 0 Å². The number of rotatable bonds is 7. The van der Waals surface area contributed by atoms with Gasteiger partial charge in [-0.2, -0.15) is 0 Å². The minimum Gasteiger partial charge on any atom is -0.491 e. The first-order valence-corrected chi connectivity index (χ1v) is 7.55. The van der Waals surface area contributed by atoms with Gasteiger partial charge >= 0.3 is 0 Å². The summed E-state index contributed by atoms with van der Waals surface area (Å²) in [4.78, 5) is 11.8. The molecule has 122 valence electrons. The van der Waals surface area contributed by atoms with Crippen molar-refractivity contribution in [2.45, 2.75) is 26.5 Å². The summed E-state index contributed by atoms with van der Waals surface area (Å²) in [5.74, 6) is 0.230. The van der Waals surface area contributed by atoms with E-state index in [9.17, 15) is 9.18 Å². The highest BCUT2D eigenvalue weighted by Crippen LogP contribution is 2.14. The summed E-state index contributed by atoms with van der Waals surface area (Å²) >= 11 is 0. The molecule has 4 nitrogen and oxygen atoms in total. The van der Waals surface area contributed by atoms with E-state index in [4.69, 9.17) is 4.74 Å². The minimum atomic E-state index is -0.374. The van der Waals surface area contributed by atoms with Crippen LogP contribution >= 0.6 is 0 Å². The Balaban J connectivity index is 1.77. The van der Waals surface area contributed by atoms with Gasteiger partial charge in [-0.25, -0.2) is 4.39 Å². The molecule has 1 amide bonds. The number of hydrogen-bond acceptors (Lipinski definition) is 3. The fourth-order valence-electron chi connectivity index (χ4n) is 2.00. The lowest BCUT2D eigenvalue weighted by molar-refractivity contribution is -0.119. The molecule has 5 heteroatoms. The van der Waals surface area contributed by atoms with Crippen molar-refractivity contribution in [2.24, 2.45) is 0 Å². The molecule has 2 aromatic rings. The highest BCUT2D eigenvalue weighted by atomic mass is 19.1. The molecule has 0 spiro atoms. The molecule has 2 rings (SSSR count). The zero-order chi connectivity index (χ0) is 16.7. The Morgan fingerprint density at radius 1 is 1.13 bits per heavy atom. The summed E-state index contributed by atoms with van der Waals surface area (Å²) in [5.41, 5.74) is 1.29. The fourth-order valence-corrected chi connectivity index (χ4v) is 2.00. The van der Waals surface area contributed by atoms with E-state index < -0.39 is 0 Å². The molecule has 0 radical (unpaired) electrons. The average Bonchev–Trinajstić information content (AvgIpc) is 2.53. The number of benzene rings is 2. The van der Waals surface area contributed by atoms with Crippen LogP contribution in [0.4, 0.5) is 10.1 Å². The number of nitrogens with one attached hydrogen (secondary N) is 2. The lowest BCUT2D eigenvalue weighted by Gasteiger charge is -2.11. The normalized spacial score (nSPS) is 10.4. The third-order valence-corrected chi connectivity index (χ3v) is 3.10. The molecule has 0 saturated heterocycles. The van der Waals surface area contributed by atoms with E-state index in [1.54, 1.807) is 18.2 Å². The largest absolute Gasteiger partial charge is 0.491 e. The summed E-state index contributed by atoms with van der Waals surface area (Å²) < 4.78 is 19.0. The molecule has 0 atom stereocenters. The molecule has 0 unspecified atom stereocenters. The van der Waals surface area contributed by atoms with Crippen LogP contribution in [-0.4, -0.2) is 18.6 Å². The first kappa shape index (κ1) is 16.8. The first-order chi connectivity index (χ1) is 11.0. The lowest BCUT2D eigenvalue weighted by Crippen LogP contribution is -2.29. The summed E-state index contributed by atoms with van der Waals surface area (Å²) in [7, 11) is 0. The van der Waals surface area contributed by atoms with E-state index in [1.807, 2.05) is 38.1 Å². The van der Waals surface area contributed by atoms with Crippen molar-refractivity contribution in [1.29, 1.82) is 0 Å². The van der Waals surface area contributed by atoms with E-state index in [-0.39, 0.29) is 24.4 Å². The quantitative estimate of drug-likeness (QED) is 0.824. The summed E-state index contributed by atoms with van der Waals surface area (Å²) in [5, 5.41) is 5.56. The smallest absolute Gasteiger partial charge is 0.239 e. The van der Waals surface area contributed by atoms with Crippen molar-refractivity contribution in [3.8, 4) is 5.75 Å². The van der Waals surface area contributed by atoms with Crippen LogP contribution in [-0.2, 0) is 11.3 Å². The third kappa shape index (κ3) is 5.62. The summed E-state index contributed by atoms with van der Waals surface area (Å²) in [6, 6.07) is 13.8. The van der Waals surface area contributed by atoms with Gasteiger partial charge < -0.3 is 15.4 Å². The van der Waals surface area contributed by atoms with Gasteiger partial charge in [-0.05, 0) is 43.7 Å². The molecule has 0 aliphatic carbocycles. The standard InChI is InChI=1S/C18H21FN2O2/c1-13(2)23-15-9-7-14(8-10-15)11-21-18(22)12-20-17-6-4-3-5-16(17)19/h3-10,13,20H,11-12H2,1-2H3,(H,21,22). The van der Waals surface area contributed by atoms with Crippen LogP contribution in [0.5, 0.6) is 5.75 Å². The number of carbonyl (C=O) groups excluding carboxylic acids is 1. The van der Waals surface area contributed by atoms with Gasteiger partial charge in [-0.1, -0.05) is 24.3 Å². The van der Waals surface area contributed by atoms with Gasteiger partial charge in [0.05, 0.1) is 18.3 Å². The zero-order valence-electron chi connectivity index (χ0n) is 13.3. The maximum absolute atomic E-state index is 13.4. The molecule has 0 bridgehead atoms. The number of halogens is 1. The Bertz CT molecular complexity index is 642. The van der Waals surface area contributed by atoms with E-state index in [0.717, 1.165) is 11.3 Å². The van der Waals surface area contributed by atoms with Gasteiger partial charge in [0.2, 0.25) is 5.91 Å². The number of anilines is 1. The predicted octanol–water partition coefficient (Wildman–Crippen LogP) is 3.34. The number of para-hydroxylation sites is 1. The molecule has 0 aliphatic rings. The Labute approximate surface area is 135 Å². The molecule has 23 heavy (non-hydrogen) atoms. The maximum atomic E-state index is 13.4. The van der Waals surface area contributed by atoms with Crippen LogP contribution in [0.15, 0.2) is 48.5 Å². The van der Waals surface area contributed by atoms with Crippen LogP contribution in [0.25, 0.3) is 0 Å². The van der Waals surface area contributed by atoms with E-state index >= 15 is 0 Å². The van der Waals surface area contributed by atoms with Crippen molar-refractivity contribution >= 4 is 11.6 Å². The van der Waals surface area contributed by atoms with Crippen molar-refractivity contribution in [1.82, 2.24) is 5.32 Å². The van der Waals surface area contributed by atoms with Gasteiger partial charge in [0, 0.05) is 6.54 Å². The Kier molecular flexibility index (Phi) is 5.97. The number of carbonyl (C=O) groups is 1. The molecule has 0 saturated carbocycles. The number of amides is 1. The van der Waals surface area contributed by atoms with Crippen molar-refractivity contribution in [3.05, 3.63) is 59.9 Å². The van der Waals surface area contributed by atoms with Crippen LogP contribution in [0.3, 0.4) is 0 Å². The van der Waals surface area contributed by atoms with Crippen molar-refractivity contribution in [2.75, 3.05) is 11.9 Å². The molecule has 2 aromatic carbocycles. The van der Waals surface area contributed by atoms with E-state index in [2.05, 4.69) is 10.6 Å². The summed E-state index contributed by atoms with van der Waals surface area (Å²) in [6.45, 7) is 4.38. The van der Waals surface area contributed by atoms with Crippen LogP contribution in [0, 0.1) is 5.82 Å². The SMILES string of the molecule is CC(C)Oc1ccc(CNC(=O)CNc2ccccc2F)cc1. The second-order valence-corrected chi connectivity index (χ2v) is 5.42. The van der Waals surface area contributed by atoms with Gasteiger partial charge in [0.15, 0.2) is 0 Å². The Hall–Kier alpha value is -2.56. The predicted molar refractivity (Wildman–Crippen MR) is 88.9 cm³/mol. The zero-order valence-corrected chi connectivity index (χ0v) is 13.3. The average molecular weight is 316 g/mol. The molecule has 0 fully saturated rings. The van der Waals surface area contributed by atoms with Gasteiger partial charge in [-0.3, -0.25) is 4.79 Å². The van der Waals surface area contributed by atoms with E-state index in [1.165, 1.54) is 6.07 Å². The fraction of sp³-hybridized carbons (Fsp3) is 0.278. The lowest BCUT2D eigenvalue weighted by atomic mass is 10.2. The maximum Gasteiger partial charge on any atom is 0.239 e. The minimum absolute atomic E-state index is 0.0233. The summed E-state index contributed by atoms with van der Waals surface area (Å²) in [6.07, 6.45) is 0.130. The third-order valence-electron chi connectivity index (χ3n) is 3.10. The van der Waals surface area contributed by atoms with E-state index in [0.29, 0.717) is 12.2 Å². The second kappa shape index (κ2) is 8.17. The first-order valence-electron chi connectivity index (χ1n) is 7.55. The molecular weight excluding hydrogens is 295 g/mol. The highest BCUT2D eigenvalue weighted by Gasteiger charge is 2.04. The molecule has 2 N–H and O–H groups in total. The van der Waals surface area contributed by atoms with Crippen molar-refractivity contribution < 1.29 is 13.9 Å².